The molecule has 2 unspecified atom stereocenters. The Hall–Kier alpha value is -0.0600. The third-order valence-electron chi connectivity index (χ3n) is 3.41. The molecule has 1 saturated carbocycles. The number of alkyl halides is 1. The van der Waals surface area contributed by atoms with Gasteiger partial charge in [0.25, 0.3) is 0 Å². The van der Waals surface area contributed by atoms with Crippen LogP contribution in [0.15, 0.2) is 12.2 Å². The van der Waals surface area contributed by atoms with Crippen molar-refractivity contribution < 1.29 is 9.90 Å². The summed E-state index contributed by atoms with van der Waals surface area (Å²) in [5.74, 6) is -0.208. The van der Waals surface area contributed by atoms with Crippen LogP contribution in [0, 0.1) is 5.92 Å². The Balaban J connectivity index is 0.000000202. The van der Waals surface area contributed by atoms with E-state index in [2.05, 4.69) is 34.7 Å². The van der Waals surface area contributed by atoms with E-state index in [4.69, 9.17) is 5.11 Å². The number of aliphatic carboxylic acids is 1. The van der Waals surface area contributed by atoms with E-state index in [1.807, 2.05) is 0 Å². The molecule has 2 aliphatic carbocycles. The van der Waals surface area contributed by atoms with Gasteiger partial charge in [0.1, 0.15) is 0 Å². The monoisotopic (exact) mass is 350 g/mol. The first-order chi connectivity index (χ1) is 8.20. The van der Waals surface area contributed by atoms with Crippen molar-refractivity contribution in [2.24, 2.45) is 5.92 Å². The SMILES string of the molecule is C1=CCCCC1.O=C(O)CC1CCCCC1I. The average Bonchev–Trinajstić information content (AvgIpc) is 2.35. The van der Waals surface area contributed by atoms with Crippen molar-refractivity contribution in [3.8, 4) is 0 Å². The second kappa shape index (κ2) is 8.95. The molecule has 0 aromatic heterocycles. The lowest BCUT2D eigenvalue weighted by Crippen LogP contribution is -2.21. The first-order valence-corrected chi connectivity index (χ1v) is 7.95. The van der Waals surface area contributed by atoms with Gasteiger partial charge < -0.3 is 5.11 Å². The summed E-state index contributed by atoms with van der Waals surface area (Å²) in [5.41, 5.74) is 0. The van der Waals surface area contributed by atoms with Gasteiger partial charge in [-0.2, -0.15) is 0 Å². The van der Waals surface area contributed by atoms with Crippen LogP contribution in [0.5, 0.6) is 0 Å². The van der Waals surface area contributed by atoms with Gasteiger partial charge in [0, 0.05) is 10.3 Å². The first kappa shape index (κ1) is 15.0. The summed E-state index contributed by atoms with van der Waals surface area (Å²) in [5, 5.41) is 8.58. The third kappa shape index (κ3) is 7.06. The molecule has 0 saturated heterocycles. The molecule has 17 heavy (non-hydrogen) atoms. The van der Waals surface area contributed by atoms with Crippen LogP contribution >= 0.6 is 22.6 Å². The standard InChI is InChI=1S/C8H13IO2.C6H10/c9-7-4-2-1-3-6(7)5-8(10)11;1-2-4-6-5-3-1/h6-7H,1-5H2,(H,10,11);1-2H,3-6H2. The van der Waals surface area contributed by atoms with Gasteiger partial charge in [0.15, 0.2) is 0 Å². The number of hydrogen-bond donors (Lipinski definition) is 1. The van der Waals surface area contributed by atoms with Crippen LogP contribution in [0.1, 0.15) is 57.8 Å². The van der Waals surface area contributed by atoms with Crippen LogP contribution in [0.4, 0.5) is 0 Å². The minimum absolute atomic E-state index is 0.369. The highest BCUT2D eigenvalue weighted by atomic mass is 127. The van der Waals surface area contributed by atoms with E-state index in [0.29, 0.717) is 16.3 Å². The molecule has 2 rings (SSSR count). The minimum Gasteiger partial charge on any atom is -0.481 e. The van der Waals surface area contributed by atoms with Crippen molar-refractivity contribution in [3.63, 3.8) is 0 Å². The molecule has 0 aliphatic heterocycles. The highest BCUT2D eigenvalue weighted by Gasteiger charge is 2.24. The summed E-state index contributed by atoms with van der Waals surface area (Å²) in [4.78, 5) is 10.4. The first-order valence-electron chi connectivity index (χ1n) is 6.71. The largest absolute Gasteiger partial charge is 0.481 e. The van der Waals surface area contributed by atoms with Gasteiger partial charge in [0.05, 0.1) is 0 Å². The fourth-order valence-electron chi connectivity index (χ4n) is 2.38. The Morgan fingerprint density at radius 1 is 1.12 bits per heavy atom. The Morgan fingerprint density at radius 3 is 2.12 bits per heavy atom. The van der Waals surface area contributed by atoms with Crippen LogP contribution in [0.2, 0.25) is 0 Å². The number of allylic oxidation sites excluding steroid dienone is 2. The Kier molecular flexibility index (Phi) is 7.90. The zero-order chi connectivity index (χ0) is 12.5. The van der Waals surface area contributed by atoms with Crippen LogP contribution in [0.25, 0.3) is 0 Å². The highest BCUT2D eigenvalue weighted by Crippen LogP contribution is 2.32. The summed E-state index contributed by atoms with van der Waals surface area (Å²) < 4.78 is 0.595. The summed E-state index contributed by atoms with van der Waals surface area (Å²) in [6.07, 6.45) is 15.2. The average molecular weight is 350 g/mol. The summed E-state index contributed by atoms with van der Waals surface area (Å²) in [6, 6.07) is 0. The number of halogens is 1. The summed E-state index contributed by atoms with van der Waals surface area (Å²) in [6.45, 7) is 0. The van der Waals surface area contributed by atoms with Gasteiger partial charge in [-0.25, -0.2) is 0 Å². The molecule has 0 aromatic carbocycles. The highest BCUT2D eigenvalue weighted by molar-refractivity contribution is 14.1. The van der Waals surface area contributed by atoms with E-state index in [1.165, 1.54) is 44.9 Å². The Bertz CT molecular complexity index is 243. The van der Waals surface area contributed by atoms with Gasteiger partial charge in [-0.15, -0.1) is 0 Å². The molecule has 1 fully saturated rings. The lowest BCUT2D eigenvalue weighted by molar-refractivity contribution is -0.138. The number of rotatable bonds is 2. The summed E-state index contributed by atoms with van der Waals surface area (Å²) >= 11 is 2.39. The fraction of sp³-hybridized carbons (Fsp3) is 0.786. The number of hydrogen-bond acceptors (Lipinski definition) is 1. The smallest absolute Gasteiger partial charge is 0.303 e. The van der Waals surface area contributed by atoms with Gasteiger partial charge in [-0.3, -0.25) is 4.79 Å². The molecule has 0 aromatic rings. The van der Waals surface area contributed by atoms with E-state index in [-0.39, 0.29) is 0 Å². The topological polar surface area (TPSA) is 37.3 Å². The van der Waals surface area contributed by atoms with E-state index < -0.39 is 5.97 Å². The van der Waals surface area contributed by atoms with Crippen molar-refractivity contribution in [2.75, 3.05) is 0 Å². The van der Waals surface area contributed by atoms with Gasteiger partial charge in [-0.1, -0.05) is 47.6 Å². The quantitative estimate of drug-likeness (QED) is 0.450. The molecule has 1 N–H and O–H groups in total. The van der Waals surface area contributed by atoms with Gasteiger partial charge >= 0.3 is 5.97 Å². The molecule has 98 valence electrons. The van der Waals surface area contributed by atoms with Crippen molar-refractivity contribution in [1.29, 1.82) is 0 Å². The zero-order valence-electron chi connectivity index (χ0n) is 10.4. The van der Waals surface area contributed by atoms with Gasteiger partial charge in [0.2, 0.25) is 0 Å². The predicted molar refractivity (Wildman–Crippen MR) is 79.6 cm³/mol. The third-order valence-corrected chi connectivity index (χ3v) is 5.05. The number of carboxylic acids is 1. The van der Waals surface area contributed by atoms with E-state index in [9.17, 15) is 4.79 Å². The van der Waals surface area contributed by atoms with Crippen molar-refractivity contribution in [1.82, 2.24) is 0 Å². The van der Waals surface area contributed by atoms with Crippen molar-refractivity contribution in [2.45, 2.75) is 61.7 Å². The lowest BCUT2D eigenvalue weighted by Gasteiger charge is -2.25. The second-order valence-electron chi connectivity index (χ2n) is 4.91. The maximum Gasteiger partial charge on any atom is 0.303 e. The molecule has 0 amide bonds. The van der Waals surface area contributed by atoms with E-state index in [0.717, 1.165) is 6.42 Å². The lowest BCUT2D eigenvalue weighted by atomic mass is 9.87. The van der Waals surface area contributed by atoms with E-state index in [1.54, 1.807) is 0 Å². The van der Waals surface area contributed by atoms with Crippen molar-refractivity contribution in [3.05, 3.63) is 12.2 Å². The normalized spacial score (nSPS) is 28.1. The van der Waals surface area contributed by atoms with Gasteiger partial charge in [-0.05, 0) is 44.4 Å². The van der Waals surface area contributed by atoms with Crippen LogP contribution in [0.3, 0.4) is 0 Å². The van der Waals surface area contributed by atoms with Crippen molar-refractivity contribution >= 4 is 28.6 Å². The molecule has 0 spiro atoms. The summed E-state index contributed by atoms with van der Waals surface area (Å²) in [7, 11) is 0. The molecule has 2 aliphatic rings. The number of carbonyl (C=O) groups is 1. The van der Waals surface area contributed by atoms with E-state index >= 15 is 0 Å². The fourth-order valence-corrected chi connectivity index (χ4v) is 3.43. The Labute approximate surface area is 118 Å². The molecule has 0 bridgehead atoms. The maximum absolute atomic E-state index is 10.4. The molecule has 2 atom stereocenters. The second-order valence-corrected chi connectivity index (χ2v) is 6.51. The predicted octanol–water partition coefficient (Wildman–Crippen LogP) is 4.57. The number of carboxylic acid groups (broad SMARTS) is 1. The van der Waals surface area contributed by atoms with Crippen LogP contribution in [-0.4, -0.2) is 15.0 Å². The zero-order valence-corrected chi connectivity index (χ0v) is 12.6. The Morgan fingerprint density at radius 2 is 1.71 bits per heavy atom. The molecule has 0 heterocycles. The molecule has 2 nitrogen and oxygen atoms in total. The van der Waals surface area contributed by atoms with Crippen LogP contribution in [-0.2, 0) is 4.79 Å². The molecular weight excluding hydrogens is 327 g/mol. The van der Waals surface area contributed by atoms with Crippen LogP contribution < -0.4 is 0 Å². The molecular formula is C14H23IO2. The molecule has 0 radical (unpaired) electrons. The minimum atomic E-state index is -0.640. The molecule has 3 heteroatoms. The maximum atomic E-state index is 10.4.